The van der Waals surface area contributed by atoms with Gasteiger partial charge >= 0.3 is 0 Å². The van der Waals surface area contributed by atoms with Gasteiger partial charge in [-0.25, -0.2) is 9.97 Å². The number of carbonyl (C=O) groups is 1. The average molecular weight is 625 g/mol. The zero-order chi connectivity index (χ0) is 32.5. The summed E-state index contributed by atoms with van der Waals surface area (Å²) in [5.41, 5.74) is 10.1. The molecule has 5 aromatic rings. The zero-order valence-electron chi connectivity index (χ0n) is 27.9. The molecule has 9 heteroatoms. The van der Waals surface area contributed by atoms with Crippen molar-refractivity contribution in [1.82, 2.24) is 24.6 Å². The number of rotatable bonds is 10. The molecule has 1 N–H and O–H groups in total. The van der Waals surface area contributed by atoms with Gasteiger partial charge in [-0.2, -0.15) is 0 Å². The minimum Gasteiger partial charge on any atom is -0.341 e. The summed E-state index contributed by atoms with van der Waals surface area (Å²) in [5, 5.41) is 4.08. The summed E-state index contributed by atoms with van der Waals surface area (Å²) in [6.45, 7) is 17.6. The molecule has 3 aromatic heterocycles. The summed E-state index contributed by atoms with van der Waals surface area (Å²) in [6, 6.07) is 17.0. The molecule has 0 aliphatic heterocycles. The summed E-state index contributed by atoms with van der Waals surface area (Å²) < 4.78 is 11.1. The predicted octanol–water partition coefficient (Wildman–Crippen LogP) is 8.44. The van der Waals surface area contributed by atoms with Crippen LogP contribution in [0.1, 0.15) is 73.6 Å². The van der Waals surface area contributed by atoms with Crippen LogP contribution in [-0.4, -0.2) is 37.5 Å². The molecule has 0 saturated carbocycles. The Kier molecular flexibility index (Phi) is 9.39. The van der Waals surface area contributed by atoms with Crippen LogP contribution >= 0.6 is 11.9 Å². The molecule has 0 bridgehead atoms. The first-order chi connectivity index (χ1) is 21.3. The summed E-state index contributed by atoms with van der Waals surface area (Å²) in [7, 11) is 1.90. The number of benzene rings is 2. The molecule has 0 unspecified atom stereocenters. The summed E-state index contributed by atoms with van der Waals surface area (Å²) in [6.07, 6.45) is 1.29. The molecule has 45 heavy (non-hydrogen) atoms. The van der Waals surface area contributed by atoms with Crippen molar-refractivity contribution in [3.8, 4) is 11.1 Å². The van der Waals surface area contributed by atoms with E-state index in [1.165, 1.54) is 11.9 Å². The van der Waals surface area contributed by atoms with E-state index in [1.807, 2.05) is 38.8 Å². The molecule has 3 heterocycles. The van der Waals surface area contributed by atoms with Crippen LogP contribution in [0.5, 0.6) is 0 Å². The quantitative estimate of drug-likeness (QED) is 0.156. The normalized spacial score (nSPS) is 11.8. The third-order valence-corrected chi connectivity index (χ3v) is 8.89. The Morgan fingerprint density at radius 2 is 1.78 bits per heavy atom. The van der Waals surface area contributed by atoms with E-state index in [4.69, 9.17) is 14.5 Å². The number of imidazole rings is 1. The standard InChI is InChI=1S/C36H44N6O2S/c1-10-31-38-33-22(2)17-23(3)37-34(33)42(31)20-26-15-16-28(27(18-26)21-41(9)32(43)19-36(6,7)8)29-13-11-12-14-30(29)45-40-35-24(4)25(5)39-44-35/h11-18,40H,10,19-21H2,1-9H3. The highest BCUT2D eigenvalue weighted by atomic mass is 32.2. The van der Waals surface area contributed by atoms with Gasteiger partial charge in [-0.3, -0.25) is 9.52 Å². The van der Waals surface area contributed by atoms with Gasteiger partial charge in [0.05, 0.1) is 12.2 Å². The zero-order valence-corrected chi connectivity index (χ0v) is 28.7. The van der Waals surface area contributed by atoms with E-state index in [0.717, 1.165) is 73.1 Å². The first-order valence-corrected chi connectivity index (χ1v) is 16.3. The molecule has 0 saturated heterocycles. The number of hydrogen-bond acceptors (Lipinski definition) is 7. The predicted molar refractivity (Wildman–Crippen MR) is 183 cm³/mol. The van der Waals surface area contributed by atoms with Crippen molar-refractivity contribution in [3.05, 3.63) is 88.0 Å². The molecule has 0 radical (unpaired) electrons. The van der Waals surface area contributed by atoms with Crippen LogP contribution in [0.2, 0.25) is 0 Å². The van der Waals surface area contributed by atoms with Gasteiger partial charge in [0.1, 0.15) is 11.3 Å². The number of nitrogens with zero attached hydrogens (tertiary/aromatic N) is 5. The SMILES string of the molecule is CCc1nc2c(C)cc(C)nc2n1Cc1ccc(-c2ccccc2SNc2onc(C)c2C)c(CN(C)C(=O)CC(C)(C)C)c1. The number of nitrogens with one attached hydrogen (secondary N) is 1. The van der Waals surface area contributed by atoms with Crippen LogP contribution in [0, 0.1) is 33.1 Å². The van der Waals surface area contributed by atoms with Crippen molar-refractivity contribution >= 4 is 34.9 Å². The van der Waals surface area contributed by atoms with E-state index in [9.17, 15) is 4.79 Å². The smallest absolute Gasteiger partial charge is 0.237 e. The number of hydrogen-bond donors (Lipinski definition) is 1. The highest BCUT2D eigenvalue weighted by Crippen LogP contribution is 2.36. The average Bonchev–Trinajstić information content (AvgIpc) is 3.50. The third-order valence-electron chi connectivity index (χ3n) is 8.03. The number of amides is 1. The van der Waals surface area contributed by atoms with Crippen molar-refractivity contribution in [1.29, 1.82) is 0 Å². The summed E-state index contributed by atoms with van der Waals surface area (Å²) in [5.74, 6) is 1.79. The van der Waals surface area contributed by atoms with Crippen molar-refractivity contribution < 1.29 is 9.32 Å². The van der Waals surface area contributed by atoms with Gasteiger partial charge in [-0.15, -0.1) is 0 Å². The Morgan fingerprint density at radius 1 is 1.02 bits per heavy atom. The lowest BCUT2D eigenvalue weighted by Gasteiger charge is -2.25. The van der Waals surface area contributed by atoms with Gasteiger partial charge in [-0.1, -0.05) is 69.2 Å². The van der Waals surface area contributed by atoms with Gasteiger partial charge in [-0.05, 0) is 85.0 Å². The van der Waals surface area contributed by atoms with Gasteiger partial charge in [0, 0.05) is 42.6 Å². The minimum absolute atomic E-state index is 0.0928. The van der Waals surface area contributed by atoms with E-state index >= 15 is 0 Å². The molecule has 236 valence electrons. The second-order valence-corrected chi connectivity index (χ2v) is 14.0. The van der Waals surface area contributed by atoms with Gasteiger partial charge in [0.15, 0.2) is 5.65 Å². The lowest BCUT2D eigenvalue weighted by molar-refractivity contribution is -0.132. The molecule has 0 spiro atoms. The molecule has 2 aromatic carbocycles. The highest BCUT2D eigenvalue weighted by molar-refractivity contribution is 8.00. The summed E-state index contributed by atoms with van der Waals surface area (Å²) >= 11 is 1.50. The van der Waals surface area contributed by atoms with Crippen LogP contribution in [0.3, 0.4) is 0 Å². The van der Waals surface area contributed by atoms with Crippen molar-refractivity contribution in [2.45, 2.75) is 86.2 Å². The van der Waals surface area contributed by atoms with Crippen LogP contribution in [-0.2, 0) is 24.3 Å². The van der Waals surface area contributed by atoms with E-state index in [1.54, 1.807) is 0 Å². The maximum Gasteiger partial charge on any atom is 0.237 e. The molecular formula is C36H44N6O2S. The third kappa shape index (κ3) is 7.25. The minimum atomic E-state index is -0.0928. The van der Waals surface area contributed by atoms with Crippen LogP contribution in [0.15, 0.2) is 57.9 Å². The summed E-state index contributed by atoms with van der Waals surface area (Å²) in [4.78, 5) is 26.0. The second-order valence-electron chi connectivity index (χ2n) is 13.1. The first kappa shape index (κ1) is 32.3. The molecule has 0 aliphatic carbocycles. The van der Waals surface area contributed by atoms with Crippen molar-refractivity contribution in [3.63, 3.8) is 0 Å². The fourth-order valence-corrected chi connectivity index (χ4v) is 6.36. The largest absolute Gasteiger partial charge is 0.341 e. The van der Waals surface area contributed by atoms with Crippen molar-refractivity contribution in [2.24, 2.45) is 5.41 Å². The molecule has 8 nitrogen and oxygen atoms in total. The molecular weight excluding hydrogens is 581 g/mol. The van der Waals surface area contributed by atoms with Crippen molar-refractivity contribution in [2.75, 3.05) is 11.8 Å². The Morgan fingerprint density at radius 3 is 2.47 bits per heavy atom. The van der Waals surface area contributed by atoms with Crippen LogP contribution in [0.25, 0.3) is 22.3 Å². The Bertz CT molecular complexity index is 1850. The van der Waals surface area contributed by atoms with E-state index in [2.05, 4.69) is 91.5 Å². The number of anilines is 1. The number of aromatic nitrogens is 4. The second kappa shape index (κ2) is 13.1. The number of aryl methyl sites for hydroxylation is 4. The molecule has 1 amide bonds. The highest BCUT2D eigenvalue weighted by Gasteiger charge is 2.22. The van der Waals surface area contributed by atoms with Gasteiger partial charge < -0.3 is 14.0 Å². The van der Waals surface area contributed by atoms with Gasteiger partial charge in [0.25, 0.3) is 0 Å². The van der Waals surface area contributed by atoms with Crippen LogP contribution < -0.4 is 4.72 Å². The fraction of sp³-hybridized carbons (Fsp3) is 0.389. The number of carbonyl (C=O) groups excluding carboxylic acids is 1. The topological polar surface area (TPSA) is 89.1 Å². The Hall–Kier alpha value is -4.11. The molecule has 0 fully saturated rings. The molecule has 5 rings (SSSR count). The lowest BCUT2D eigenvalue weighted by atomic mass is 9.91. The first-order valence-electron chi connectivity index (χ1n) is 15.5. The molecule has 0 atom stereocenters. The Balaban J connectivity index is 1.55. The van der Waals surface area contributed by atoms with E-state index in [0.29, 0.717) is 25.4 Å². The maximum absolute atomic E-state index is 13.3. The Labute approximate surface area is 270 Å². The number of pyridine rings is 1. The lowest BCUT2D eigenvalue weighted by Crippen LogP contribution is -2.29. The molecule has 0 aliphatic rings. The maximum atomic E-state index is 13.3. The van der Waals surface area contributed by atoms with Crippen LogP contribution in [0.4, 0.5) is 5.88 Å². The monoisotopic (exact) mass is 624 g/mol. The number of fused-ring (bicyclic) bond motifs is 1. The van der Waals surface area contributed by atoms with E-state index < -0.39 is 0 Å². The fourth-order valence-electron chi connectivity index (χ4n) is 5.53. The van der Waals surface area contributed by atoms with Gasteiger partial charge in [0.2, 0.25) is 11.8 Å². The van der Waals surface area contributed by atoms with E-state index in [-0.39, 0.29) is 11.3 Å².